The van der Waals surface area contributed by atoms with Gasteiger partial charge < -0.3 is 15.4 Å². The van der Waals surface area contributed by atoms with E-state index in [9.17, 15) is 4.21 Å². The molecule has 26 heavy (non-hydrogen) atoms. The Morgan fingerprint density at radius 2 is 2.04 bits per heavy atom. The number of halogens is 1. The summed E-state index contributed by atoms with van der Waals surface area (Å²) in [5, 5.41) is 7.22. The molecular formula is C19H32IN3O2S. The number of nitrogens with one attached hydrogen (secondary N) is 2. The number of hydrogen-bond donors (Lipinski definition) is 2. The SMILES string of the molecule is CCS(=O)C1CCCC(NC(=NC)NCc2ccccc2COC)C1.I. The molecule has 5 nitrogen and oxygen atoms in total. The van der Waals surface area contributed by atoms with Crippen LogP contribution in [0.1, 0.15) is 43.7 Å². The molecule has 2 rings (SSSR count). The highest BCUT2D eigenvalue weighted by atomic mass is 127. The lowest BCUT2D eigenvalue weighted by atomic mass is 9.95. The van der Waals surface area contributed by atoms with Gasteiger partial charge in [-0.1, -0.05) is 37.6 Å². The second kappa shape index (κ2) is 12.7. The minimum atomic E-state index is -0.704. The summed E-state index contributed by atoms with van der Waals surface area (Å²) in [5.41, 5.74) is 2.39. The summed E-state index contributed by atoms with van der Waals surface area (Å²) < 4.78 is 17.4. The zero-order valence-electron chi connectivity index (χ0n) is 16.0. The predicted octanol–water partition coefficient (Wildman–Crippen LogP) is 3.20. The number of guanidine groups is 1. The summed E-state index contributed by atoms with van der Waals surface area (Å²) in [7, 11) is 2.80. The third kappa shape index (κ3) is 7.15. The Balaban J connectivity index is 0.00000338. The Labute approximate surface area is 177 Å². The molecule has 0 radical (unpaired) electrons. The molecule has 0 saturated heterocycles. The van der Waals surface area contributed by atoms with E-state index in [0.717, 1.165) is 37.4 Å². The molecule has 148 valence electrons. The first-order valence-electron chi connectivity index (χ1n) is 9.08. The first-order valence-corrected chi connectivity index (χ1v) is 10.5. The summed E-state index contributed by atoms with van der Waals surface area (Å²) >= 11 is 0. The van der Waals surface area contributed by atoms with Gasteiger partial charge in [-0.15, -0.1) is 24.0 Å². The lowest BCUT2D eigenvalue weighted by molar-refractivity contribution is 0.184. The van der Waals surface area contributed by atoms with Gasteiger partial charge in [0.1, 0.15) is 0 Å². The van der Waals surface area contributed by atoms with Crippen LogP contribution in [0.4, 0.5) is 0 Å². The van der Waals surface area contributed by atoms with Crippen molar-refractivity contribution in [2.45, 2.75) is 57.1 Å². The van der Waals surface area contributed by atoms with E-state index in [1.165, 1.54) is 11.1 Å². The van der Waals surface area contributed by atoms with Crippen molar-refractivity contribution < 1.29 is 8.95 Å². The maximum atomic E-state index is 12.1. The molecule has 0 heterocycles. The number of nitrogens with zero attached hydrogens (tertiary/aromatic N) is 1. The third-order valence-electron chi connectivity index (χ3n) is 4.71. The zero-order chi connectivity index (χ0) is 18.1. The van der Waals surface area contributed by atoms with Crippen molar-refractivity contribution in [1.29, 1.82) is 0 Å². The van der Waals surface area contributed by atoms with Crippen LogP contribution in [0.15, 0.2) is 29.3 Å². The molecule has 1 aliphatic rings. The number of benzene rings is 1. The van der Waals surface area contributed by atoms with Gasteiger partial charge in [0.05, 0.1) is 6.61 Å². The molecular weight excluding hydrogens is 461 g/mol. The first-order chi connectivity index (χ1) is 12.2. The molecule has 7 heteroatoms. The number of rotatable bonds is 7. The van der Waals surface area contributed by atoms with Gasteiger partial charge in [-0.2, -0.15) is 0 Å². The quantitative estimate of drug-likeness (QED) is 0.348. The fraction of sp³-hybridized carbons (Fsp3) is 0.632. The van der Waals surface area contributed by atoms with E-state index in [-0.39, 0.29) is 24.0 Å². The summed E-state index contributed by atoms with van der Waals surface area (Å²) in [6.45, 7) is 3.32. The fourth-order valence-corrected chi connectivity index (χ4v) is 4.69. The summed E-state index contributed by atoms with van der Waals surface area (Å²) in [6, 6.07) is 8.60. The van der Waals surface area contributed by atoms with Gasteiger partial charge in [-0.05, 0) is 30.4 Å². The Kier molecular flexibility index (Phi) is 11.4. The Hall–Kier alpha value is -0.670. The van der Waals surface area contributed by atoms with Gasteiger partial charge in [-0.3, -0.25) is 9.20 Å². The molecule has 0 spiro atoms. The highest BCUT2D eigenvalue weighted by molar-refractivity contribution is 14.0. The van der Waals surface area contributed by atoms with E-state index in [2.05, 4.69) is 27.8 Å². The molecule has 0 bridgehead atoms. The highest BCUT2D eigenvalue weighted by Gasteiger charge is 2.26. The van der Waals surface area contributed by atoms with Crippen LogP contribution in [0.25, 0.3) is 0 Å². The van der Waals surface area contributed by atoms with Crippen molar-refractivity contribution in [3.63, 3.8) is 0 Å². The van der Waals surface area contributed by atoms with E-state index in [0.29, 0.717) is 24.4 Å². The molecule has 1 aliphatic carbocycles. The van der Waals surface area contributed by atoms with Crippen molar-refractivity contribution in [3.05, 3.63) is 35.4 Å². The second-order valence-electron chi connectivity index (χ2n) is 6.43. The Bertz CT molecular complexity index is 598. The molecule has 0 aliphatic heterocycles. The maximum Gasteiger partial charge on any atom is 0.191 e. The Morgan fingerprint density at radius 3 is 2.69 bits per heavy atom. The van der Waals surface area contributed by atoms with E-state index in [1.807, 2.05) is 19.1 Å². The topological polar surface area (TPSA) is 62.7 Å². The van der Waals surface area contributed by atoms with Crippen LogP contribution in [-0.4, -0.2) is 41.4 Å². The van der Waals surface area contributed by atoms with Gasteiger partial charge in [0.2, 0.25) is 0 Å². The average molecular weight is 493 g/mol. The normalized spacial score (nSPS) is 21.6. The van der Waals surface area contributed by atoms with E-state index < -0.39 is 10.8 Å². The lowest BCUT2D eigenvalue weighted by Crippen LogP contribution is -2.46. The molecule has 1 aromatic carbocycles. The van der Waals surface area contributed by atoms with Crippen molar-refractivity contribution in [2.24, 2.45) is 4.99 Å². The minimum absolute atomic E-state index is 0. The van der Waals surface area contributed by atoms with Gasteiger partial charge >= 0.3 is 0 Å². The zero-order valence-corrected chi connectivity index (χ0v) is 19.1. The monoisotopic (exact) mass is 493 g/mol. The summed E-state index contributed by atoms with van der Waals surface area (Å²) in [6.07, 6.45) is 4.27. The minimum Gasteiger partial charge on any atom is -0.380 e. The van der Waals surface area contributed by atoms with Crippen LogP contribution in [0, 0.1) is 0 Å². The van der Waals surface area contributed by atoms with E-state index >= 15 is 0 Å². The van der Waals surface area contributed by atoms with Gasteiger partial charge in [0.25, 0.3) is 0 Å². The standard InChI is InChI=1S/C19H31N3O2S.HI/c1-4-25(23)18-11-7-10-17(12-18)22-19(20-2)21-13-15-8-5-6-9-16(15)14-24-3;/h5-6,8-9,17-18H,4,7,10-14H2,1-3H3,(H2,20,21,22);1H. The van der Waals surface area contributed by atoms with Crippen LogP contribution in [0.5, 0.6) is 0 Å². The Morgan fingerprint density at radius 1 is 1.31 bits per heavy atom. The van der Waals surface area contributed by atoms with Crippen molar-refractivity contribution >= 4 is 40.7 Å². The van der Waals surface area contributed by atoms with Gasteiger partial charge in [-0.25, -0.2) is 0 Å². The van der Waals surface area contributed by atoms with Crippen molar-refractivity contribution in [2.75, 3.05) is 19.9 Å². The van der Waals surface area contributed by atoms with Gasteiger partial charge in [0.15, 0.2) is 5.96 Å². The number of methoxy groups -OCH3 is 1. The van der Waals surface area contributed by atoms with Crippen LogP contribution in [0.3, 0.4) is 0 Å². The highest BCUT2D eigenvalue weighted by Crippen LogP contribution is 2.23. The second-order valence-corrected chi connectivity index (χ2v) is 8.43. The van der Waals surface area contributed by atoms with Crippen LogP contribution in [0.2, 0.25) is 0 Å². The molecule has 1 aromatic rings. The van der Waals surface area contributed by atoms with Crippen molar-refractivity contribution in [1.82, 2.24) is 10.6 Å². The van der Waals surface area contributed by atoms with Crippen LogP contribution in [-0.2, 0) is 28.7 Å². The van der Waals surface area contributed by atoms with E-state index in [1.54, 1.807) is 14.2 Å². The smallest absolute Gasteiger partial charge is 0.191 e. The fourth-order valence-electron chi connectivity index (χ4n) is 3.34. The van der Waals surface area contributed by atoms with E-state index in [4.69, 9.17) is 4.74 Å². The summed E-state index contributed by atoms with van der Waals surface area (Å²) in [5.74, 6) is 1.56. The van der Waals surface area contributed by atoms with Gasteiger partial charge in [0, 0.05) is 48.5 Å². The predicted molar refractivity (Wildman–Crippen MR) is 121 cm³/mol. The molecule has 3 unspecified atom stereocenters. The largest absolute Gasteiger partial charge is 0.380 e. The third-order valence-corrected chi connectivity index (χ3v) is 6.45. The summed E-state index contributed by atoms with van der Waals surface area (Å²) in [4.78, 5) is 4.35. The lowest BCUT2D eigenvalue weighted by Gasteiger charge is -2.30. The molecule has 2 N–H and O–H groups in total. The first kappa shape index (κ1) is 23.4. The molecule has 1 saturated carbocycles. The number of hydrogen-bond acceptors (Lipinski definition) is 3. The van der Waals surface area contributed by atoms with Crippen LogP contribution < -0.4 is 10.6 Å². The molecule has 0 amide bonds. The maximum absolute atomic E-state index is 12.1. The average Bonchev–Trinajstić information content (AvgIpc) is 2.66. The molecule has 3 atom stereocenters. The van der Waals surface area contributed by atoms with Crippen LogP contribution >= 0.6 is 24.0 Å². The van der Waals surface area contributed by atoms with Crippen molar-refractivity contribution in [3.8, 4) is 0 Å². The molecule has 1 fully saturated rings. The molecule has 0 aromatic heterocycles. The number of ether oxygens (including phenoxy) is 1. The number of aliphatic imine (C=N–C) groups is 1.